The average molecular weight is 343 g/mol. The standard InChI is InChI=1S/C20H26FN3O/c1-20(2,24-11-13-25-14-12-24)15-23-19(18-5-3-4-10-22-18)16-6-8-17(21)9-7-16/h3-10,19,23H,11-15H2,1-2H3/t19-/m1/s1. The van der Waals surface area contributed by atoms with Crippen molar-refractivity contribution in [2.75, 3.05) is 32.8 Å². The Morgan fingerprint density at radius 1 is 1.16 bits per heavy atom. The third-order valence-corrected chi connectivity index (χ3v) is 4.79. The fourth-order valence-corrected chi connectivity index (χ4v) is 3.23. The molecule has 0 saturated carbocycles. The number of nitrogens with zero attached hydrogens (tertiary/aromatic N) is 2. The van der Waals surface area contributed by atoms with E-state index in [1.54, 1.807) is 6.20 Å². The Balaban J connectivity index is 1.77. The smallest absolute Gasteiger partial charge is 0.123 e. The van der Waals surface area contributed by atoms with E-state index < -0.39 is 0 Å². The number of ether oxygens (including phenoxy) is 1. The van der Waals surface area contributed by atoms with Gasteiger partial charge in [0, 0.05) is 31.4 Å². The van der Waals surface area contributed by atoms with Crippen LogP contribution in [-0.2, 0) is 4.74 Å². The monoisotopic (exact) mass is 343 g/mol. The summed E-state index contributed by atoms with van der Waals surface area (Å²) >= 11 is 0. The minimum atomic E-state index is -0.225. The second kappa shape index (κ2) is 8.04. The summed E-state index contributed by atoms with van der Waals surface area (Å²) in [6.07, 6.45) is 1.79. The zero-order valence-corrected chi connectivity index (χ0v) is 14.9. The van der Waals surface area contributed by atoms with Gasteiger partial charge in [0.25, 0.3) is 0 Å². The van der Waals surface area contributed by atoms with Crippen LogP contribution in [0.25, 0.3) is 0 Å². The summed E-state index contributed by atoms with van der Waals surface area (Å²) in [6, 6.07) is 12.5. The third kappa shape index (κ3) is 4.63. The van der Waals surface area contributed by atoms with Gasteiger partial charge in [-0.3, -0.25) is 9.88 Å². The summed E-state index contributed by atoms with van der Waals surface area (Å²) < 4.78 is 18.8. The van der Waals surface area contributed by atoms with Crippen LogP contribution in [0, 0.1) is 5.82 Å². The molecule has 0 spiro atoms. The van der Waals surface area contributed by atoms with E-state index in [1.165, 1.54) is 12.1 Å². The van der Waals surface area contributed by atoms with Crippen molar-refractivity contribution >= 4 is 0 Å². The largest absolute Gasteiger partial charge is 0.379 e. The second-order valence-corrected chi connectivity index (χ2v) is 7.03. The summed E-state index contributed by atoms with van der Waals surface area (Å²) in [4.78, 5) is 6.95. The molecule has 5 heteroatoms. The van der Waals surface area contributed by atoms with Crippen LogP contribution in [0.4, 0.5) is 4.39 Å². The molecular weight excluding hydrogens is 317 g/mol. The zero-order chi connectivity index (χ0) is 17.7. The van der Waals surface area contributed by atoms with Crippen LogP contribution >= 0.6 is 0 Å². The first-order chi connectivity index (χ1) is 12.1. The van der Waals surface area contributed by atoms with Gasteiger partial charge in [-0.1, -0.05) is 18.2 Å². The number of pyridine rings is 1. The lowest BCUT2D eigenvalue weighted by Gasteiger charge is -2.41. The van der Waals surface area contributed by atoms with Gasteiger partial charge in [-0.2, -0.15) is 0 Å². The SMILES string of the molecule is CC(C)(CN[C@H](c1ccc(F)cc1)c1ccccn1)N1CCOCC1. The molecule has 1 N–H and O–H groups in total. The lowest BCUT2D eigenvalue weighted by molar-refractivity contribution is -0.0101. The molecule has 0 amide bonds. The highest BCUT2D eigenvalue weighted by Crippen LogP contribution is 2.23. The van der Waals surface area contributed by atoms with Gasteiger partial charge >= 0.3 is 0 Å². The lowest BCUT2D eigenvalue weighted by Crippen LogP contribution is -2.55. The molecule has 1 aromatic carbocycles. The summed E-state index contributed by atoms with van der Waals surface area (Å²) in [6.45, 7) is 8.73. The van der Waals surface area contributed by atoms with Crippen molar-refractivity contribution in [1.29, 1.82) is 0 Å². The van der Waals surface area contributed by atoms with E-state index in [-0.39, 0.29) is 17.4 Å². The van der Waals surface area contributed by atoms with Crippen molar-refractivity contribution in [1.82, 2.24) is 15.2 Å². The van der Waals surface area contributed by atoms with Crippen molar-refractivity contribution in [3.63, 3.8) is 0 Å². The number of rotatable bonds is 6. The Morgan fingerprint density at radius 3 is 2.52 bits per heavy atom. The van der Waals surface area contributed by atoms with Crippen molar-refractivity contribution in [3.8, 4) is 0 Å². The second-order valence-electron chi connectivity index (χ2n) is 7.03. The number of benzene rings is 1. The molecule has 2 aromatic rings. The number of aromatic nitrogens is 1. The molecule has 1 aliphatic rings. The number of hydrogen-bond acceptors (Lipinski definition) is 4. The molecule has 0 unspecified atom stereocenters. The minimum Gasteiger partial charge on any atom is -0.379 e. The maximum Gasteiger partial charge on any atom is 0.123 e. The van der Waals surface area contributed by atoms with Crippen LogP contribution in [0.5, 0.6) is 0 Å². The molecule has 1 aromatic heterocycles. The summed E-state index contributed by atoms with van der Waals surface area (Å²) in [5, 5.41) is 3.64. The maximum atomic E-state index is 13.3. The number of morpholine rings is 1. The fraction of sp³-hybridized carbons (Fsp3) is 0.450. The fourth-order valence-electron chi connectivity index (χ4n) is 3.23. The van der Waals surface area contributed by atoms with E-state index in [0.29, 0.717) is 0 Å². The molecule has 0 radical (unpaired) electrons. The van der Waals surface area contributed by atoms with Crippen LogP contribution in [0.1, 0.15) is 31.1 Å². The van der Waals surface area contributed by atoms with Crippen molar-refractivity contribution in [2.45, 2.75) is 25.4 Å². The lowest BCUT2D eigenvalue weighted by atomic mass is 9.98. The predicted octanol–water partition coefficient (Wildman–Crippen LogP) is 3.01. The normalized spacial score (nSPS) is 17.4. The Morgan fingerprint density at radius 2 is 1.88 bits per heavy atom. The van der Waals surface area contributed by atoms with Crippen molar-refractivity contribution in [2.24, 2.45) is 0 Å². The molecule has 1 atom stereocenters. The van der Waals surface area contributed by atoms with E-state index in [9.17, 15) is 4.39 Å². The Hall–Kier alpha value is -1.82. The quantitative estimate of drug-likeness (QED) is 0.875. The van der Waals surface area contributed by atoms with Gasteiger partial charge < -0.3 is 10.1 Å². The molecule has 1 fully saturated rings. The highest BCUT2D eigenvalue weighted by atomic mass is 19.1. The number of hydrogen-bond donors (Lipinski definition) is 1. The Bertz CT molecular complexity index is 654. The van der Waals surface area contributed by atoms with Crippen LogP contribution in [0.2, 0.25) is 0 Å². The van der Waals surface area contributed by atoms with Crippen molar-refractivity contribution < 1.29 is 9.13 Å². The van der Waals surface area contributed by atoms with Gasteiger partial charge in [-0.15, -0.1) is 0 Å². The molecule has 2 heterocycles. The van der Waals surface area contributed by atoms with E-state index in [0.717, 1.165) is 44.1 Å². The molecule has 4 nitrogen and oxygen atoms in total. The first kappa shape index (κ1) is 18.0. The molecule has 3 rings (SSSR count). The van der Waals surface area contributed by atoms with E-state index in [2.05, 4.69) is 29.0 Å². The molecular formula is C20H26FN3O. The van der Waals surface area contributed by atoms with Gasteiger partial charge in [0.05, 0.1) is 24.9 Å². The summed E-state index contributed by atoms with van der Waals surface area (Å²) in [5.74, 6) is -0.225. The Labute approximate surface area is 149 Å². The highest BCUT2D eigenvalue weighted by molar-refractivity contribution is 5.28. The van der Waals surface area contributed by atoms with Crippen LogP contribution in [0.15, 0.2) is 48.7 Å². The van der Waals surface area contributed by atoms with Gasteiger partial charge in [0.1, 0.15) is 5.82 Å². The van der Waals surface area contributed by atoms with E-state index in [1.807, 2.05) is 30.3 Å². The van der Waals surface area contributed by atoms with Gasteiger partial charge in [0.15, 0.2) is 0 Å². The van der Waals surface area contributed by atoms with Gasteiger partial charge in [-0.05, 0) is 43.7 Å². The molecule has 1 aliphatic heterocycles. The van der Waals surface area contributed by atoms with Crippen molar-refractivity contribution in [3.05, 3.63) is 65.7 Å². The topological polar surface area (TPSA) is 37.4 Å². The van der Waals surface area contributed by atoms with Crippen LogP contribution in [-0.4, -0.2) is 48.3 Å². The number of nitrogens with one attached hydrogen (secondary N) is 1. The summed E-state index contributed by atoms with van der Waals surface area (Å²) in [5.41, 5.74) is 1.95. The van der Waals surface area contributed by atoms with E-state index >= 15 is 0 Å². The van der Waals surface area contributed by atoms with E-state index in [4.69, 9.17) is 4.74 Å². The summed E-state index contributed by atoms with van der Waals surface area (Å²) in [7, 11) is 0. The maximum absolute atomic E-state index is 13.3. The average Bonchev–Trinajstić information content (AvgIpc) is 2.65. The predicted molar refractivity (Wildman–Crippen MR) is 97.0 cm³/mol. The number of halogens is 1. The highest BCUT2D eigenvalue weighted by Gasteiger charge is 2.29. The molecule has 0 aliphatic carbocycles. The molecule has 25 heavy (non-hydrogen) atoms. The first-order valence-corrected chi connectivity index (χ1v) is 8.79. The first-order valence-electron chi connectivity index (χ1n) is 8.79. The van der Waals surface area contributed by atoms with Crippen LogP contribution < -0.4 is 5.32 Å². The third-order valence-electron chi connectivity index (χ3n) is 4.79. The molecule has 0 bridgehead atoms. The van der Waals surface area contributed by atoms with Gasteiger partial charge in [0.2, 0.25) is 0 Å². The minimum absolute atomic E-state index is 0.00313. The Kier molecular flexibility index (Phi) is 5.78. The van der Waals surface area contributed by atoms with Crippen LogP contribution in [0.3, 0.4) is 0 Å². The molecule has 1 saturated heterocycles. The van der Waals surface area contributed by atoms with Gasteiger partial charge in [-0.25, -0.2) is 4.39 Å². The zero-order valence-electron chi connectivity index (χ0n) is 14.9. The molecule has 134 valence electrons.